The molecule has 0 aliphatic carbocycles. The Balaban J connectivity index is 0.000000860. The number of fused-ring (bicyclic) bond motifs is 1. The van der Waals surface area contributed by atoms with E-state index in [2.05, 4.69) is 86.1 Å². The topological polar surface area (TPSA) is 32.3 Å². The molecule has 3 aromatic rings. The predicted molar refractivity (Wildman–Crippen MR) is 140 cm³/mol. The lowest BCUT2D eigenvalue weighted by Gasteiger charge is -2.36. The Labute approximate surface area is 195 Å². The fourth-order valence-electron chi connectivity index (χ4n) is 4.31. The molecular formula is C28H40N4. The Kier molecular flexibility index (Phi) is 9.70. The SMILES string of the molecule is CC.CC.CCC(CC)C1N(C)c2nc(-c3ccccc3C)ncc2N1c1ccccc1. The first-order chi connectivity index (χ1) is 15.7. The maximum absolute atomic E-state index is 5.02. The first-order valence-corrected chi connectivity index (χ1v) is 12.2. The van der Waals surface area contributed by atoms with Crippen molar-refractivity contribution in [3.63, 3.8) is 0 Å². The largest absolute Gasteiger partial charge is 0.337 e. The highest BCUT2D eigenvalue weighted by Crippen LogP contribution is 2.45. The van der Waals surface area contributed by atoms with E-state index in [4.69, 9.17) is 9.97 Å². The third kappa shape index (κ3) is 4.95. The van der Waals surface area contributed by atoms with Crippen molar-refractivity contribution in [1.29, 1.82) is 0 Å². The Morgan fingerprint density at radius 2 is 1.47 bits per heavy atom. The van der Waals surface area contributed by atoms with Gasteiger partial charge in [0.1, 0.15) is 11.9 Å². The Morgan fingerprint density at radius 1 is 0.875 bits per heavy atom. The van der Waals surface area contributed by atoms with Crippen LogP contribution >= 0.6 is 0 Å². The van der Waals surface area contributed by atoms with Gasteiger partial charge in [-0.25, -0.2) is 9.97 Å². The molecule has 4 heteroatoms. The van der Waals surface area contributed by atoms with Gasteiger partial charge in [0.15, 0.2) is 11.6 Å². The molecule has 32 heavy (non-hydrogen) atoms. The molecule has 172 valence electrons. The molecule has 0 amide bonds. The zero-order chi connectivity index (χ0) is 23.7. The lowest BCUT2D eigenvalue weighted by Crippen LogP contribution is -2.44. The number of hydrogen-bond donors (Lipinski definition) is 0. The molecule has 0 saturated carbocycles. The summed E-state index contributed by atoms with van der Waals surface area (Å²) in [5.74, 6) is 2.34. The van der Waals surface area contributed by atoms with Crippen LogP contribution in [0, 0.1) is 12.8 Å². The van der Waals surface area contributed by atoms with Gasteiger partial charge >= 0.3 is 0 Å². The second-order valence-electron chi connectivity index (χ2n) is 7.52. The van der Waals surface area contributed by atoms with E-state index in [0.717, 1.165) is 35.7 Å². The van der Waals surface area contributed by atoms with Crippen molar-refractivity contribution in [2.24, 2.45) is 5.92 Å². The fourth-order valence-corrected chi connectivity index (χ4v) is 4.31. The number of hydrogen-bond acceptors (Lipinski definition) is 4. The van der Waals surface area contributed by atoms with Crippen molar-refractivity contribution in [2.75, 3.05) is 16.8 Å². The first kappa shape index (κ1) is 25.4. The summed E-state index contributed by atoms with van der Waals surface area (Å²) < 4.78 is 0. The van der Waals surface area contributed by atoms with E-state index < -0.39 is 0 Å². The van der Waals surface area contributed by atoms with E-state index in [1.165, 1.54) is 11.3 Å². The standard InChI is InChI=1S/C24H28N4.2C2H6/c1-5-18(6-2)24-27(4)23-21(28(24)19-13-8-7-9-14-19)16-25-22(26-23)20-15-11-10-12-17(20)3;2*1-2/h7-16,18,24H,5-6H2,1-4H3;2*1-2H3. The number of benzene rings is 2. The van der Waals surface area contributed by atoms with Crippen molar-refractivity contribution in [3.05, 3.63) is 66.4 Å². The van der Waals surface area contributed by atoms with Gasteiger partial charge in [-0.3, -0.25) is 0 Å². The van der Waals surface area contributed by atoms with Crippen LogP contribution in [0.2, 0.25) is 0 Å². The summed E-state index contributed by atoms with van der Waals surface area (Å²) in [4.78, 5) is 14.5. The molecule has 4 rings (SSSR count). The molecular weight excluding hydrogens is 392 g/mol. The van der Waals surface area contributed by atoms with Crippen molar-refractivity contribution in [3.8, 4) is 11.4 Å². The first-order valence-electron chi connectivity index (χ1n) is 12.2. The second-order valence-corrected chi connectivity index (χ2v) is 7.52. The average molecular weight is 433 g/mol. The molecule has 0 bridgehead atoms. The number of para-hydroxylation sites is 1. The molecule has 1 atom stereocenters. The lowest BCUT2D eigenvalue weighted by atomic mass is 9.98. The summed E-state index contributed by atoms with van der Waals surface area (Å²) >= 11 is 0. The normalized spacial score (nSPS) is 14.3. The van der Waals surface area contributed by atoms with Gasteiger partial charge in [-0.2, -0.15) is 0 Å². The smallest absolute Gasteiger partial charge is 0.161 e. The zero-order valence-electron chi connectivity index (χ0n) is 21.1. The number of aromatic nitrogens is 2. The van der Waals surface area contributed by atoms with E-state index in [1.807, 2.05) is 40.0 Å². The van der Waals surface area contributed by atoms with Gasteiger partial charge in [-0.15, -0.1) is 0 Å². The second kappa shape index (κ2) is 12.2. The summed E-state index contributed by atoms with van der Waals surface area (Å²) in [5.41, 5.74) is 4.57. The van der Waals surface area contributed by atoms with Crippen LogP contribution in [0.15, 0.2) is 60.8 Å². The van der Waals surface area contributed by atoms with E-state index in [0.29, 0.717) is 5.92 Å². The summed E-state index contributed by atoms with van der Waals surface area (Å²) in [6, 6.07) is 18.9. The van der Waals surface area contributed by atoms with Crippen molar-refractivity contribution >= 4 is 17.2 Å². The van der Waals surface area contributed by atoms with Gasteiger partial charge < -0.3 is 9.80 Å². The molecule has 2 heterocycles. The van der Waals surface area contributed by atoms with E-state index >= 15 is 0 Å². The van der Waals surface area contributed by atoms with Crippen molar-refractivity contribution in [1.82, 2.24) is 9.97 Å². The third-order valence-corrected chi connectivity index (χ3v) is 5.90. The molecule has 1 unspecified atom stereocenters. The maximum Gasteiger partial charge on any atom is 0.161 e. The quantitative estimate of drug-likeness (QED) is 0.411. The van der Waals surface area contributed by atoms with Crippen LogP contribution < -0.4 is 9.80 Å². The summed E-state index contributed by atoms with van der Waals surface area (Å²) in [7, 11) is 2.17. The Morgan fingerprint density at radius 3 is 2.06 bits per heavy atom. The minimum atomic E-state index is 0.244. The highest BCUT2D eigenvalue weighted by atomic mass is 15.4. The number of anilines is 3. The molecule has 0 N–H and O–H groups in total. The van der Waals surface area contributed by atoms with Gasteiger partial charge in [0.2, 0.25) is 0 Å². The van der Waals surface area contributed by atoms with Crippen LogP contribution in [0.1, 0.15) is 59.9 Å². The molecule has 0 radical (unpaired) electrons. The Bertz CT molecular complexity index is 951. The van der Waals surface area contributed by atoms with Gasteiger partial charge in [0.05, 0.1) is 6.20 Å². The Hall–Kier alpha value is -2.88. The number of aryl methyl sites for hydroxylation is 1. The molecule has 0 spiro atoms. The molecule has 2 aromatic carbocycles. The van der Waals surface area contributed by atoms with Gasteiger partial charge in [-0.05, 0) is 43.4 Å². The van der Waals surface area contributed by atoms with Crippen LogP contribution in [-0.4, -0.2) is 23.2 Å². The molecule has 1 aromatic heterocycles. The average Bonchev–Trinajstić information content (AvgIpc) is 3.15. The van der Waals surface area contributed by atoms with Crippen LogP contribution in [0.3, 0.4) is 0 Å². The molecule has 0 saturated heterocycles. The third-order valence-electron chi connectivity index (χ3n) is 5.90. The molecule has 1 aliphatic heterocycles. The van der Waals surface area contributed by atoms with Crippen LogP contribution in [0.4, 0.5) is 17.2 Å². The minimum absolute atomic E-state index is 0.244. The summed E-state index contributed by atoms with van der Waals surface area (Å²) in [6.07, 6.45) is 4.49. The summed E-state index contributed by atoms with van der Waals surface area (Å²) in [6.45, 7) is 14.7. The number of rotatable bonds is 5. The van der Waals surface area contributed by atoms with E-state index in [-0.39, 0.29) is 6.17 Å². The van der Waals surface area contributed by atoms with E-state index in [1.54, 1.807) is 0 Å². The van der Waals surface area contributed by atoms with Crippen LogP contribution in [0.5, 0.6) is 0 Å². The monoisotopic (exact) mass is 432 g/mol. The minimum Gasteiger partial charge on any atom is -0.337 e. The van der Waals surface area contributed by atoms with Gasteiger partial charge in [0.25, 0.3) is 0 Å². The van der Waals surface area contributed by atoms with E-state index in [9.17, 15) is 0 Å². The number of nitrogens with zero attached hydrogens (tertiary/aromatic N) is 4. The predicted octanol–water partition coefficient (Wildman–Crippen LogP) is 7.85. The van der Waals surface area contributed by atoms with Crippen LogP contribution in [0.25, 0.3) is 11.4 Å². The lowest BCUT2D eigenvalue weighted by molar-refractivity contribution is 0.397. The van der Waals surface area contributed by atoms with Gasteiger partial charge in [0, 0.05) is 18.3 Å². The summed E-state index contributed by atoms with van der Waals surface area (Å²) in [5, 5.41) is 0. The highest BCUT2D eigenvalue weighted by Gasteiger charge is 2.40. The van der Waals surface area contributed by atoms with Crippen LogP contribution in [-0.2, 0) is 0 Å². The maximum atomic E-state index is 5.02. The van der Waals surface area contributed by atoms with Gasteiger partial charge in [-0.1, -0.05) is 84.0 Å². The zero-order valence-corrected chi connectivity index (χ0v) is 21.1. The highest BCUT2D eigenvalue weighted by molar-refractivity contribution is 5.82. The van der Waals surface area contributed by atoms with Crippen molar-refractivity contribution in [2.45, 2.75) is 67.5 Å². The molecule has 0 fully saturated rings. The molecule has 1 aliphatic rings. The van der Waals surface area contributed by atoms with Crippen molar-refractivity contribution < 1.29 is 0 Å². The fraction of sp³-hybridized carbons (Fsp3) is 0.429. The molecule has 4 nitrogen and oxygen atoms in total.